The van der Waals surface area contributed by atoms with Crippen molar-refractivity contribution in [1.29, 1.82) is 0 Å². The highest BCUT2D eigenvalue weighted by atomic mass is 79.9. The first-order chi connectivity index (χ1) is 9.65. The third-order valence-corrected chi connectivity index (χ3v) is 4.74. The van der Waals surface area contributed by atoms with E-state index in [0.717, 1.165) is 28.4 Å². The molecule has 2 aliphatic rings. The average Bonchev–Trinajstić information content (AvgIpc) is 2.45. The molecule has 2 unspecified atom stereocenters. The van der Waals surface area contributed by atoms with E-state index in [0.29, 0.717) is 13.2 Å². The van der Waals surface area contributed by atoms with Crippen LogP contribution in [0.1, 0.15) is 41.6 Å². The van der Waals surface area contributed by atoms with E-state index < -0.39 is 0 Å². The highest BCUT2D eigenvalue weighted by Gasteiger charge is 2.36. The fraction of sp³-hybridized carbons (Fsp3) is 0.562. The number of hydrogen-bond acceptors (Lipinski definition) is 2. The molecule has 1 aliphatic heterocycles. The summed E-state index contributed by atoms with van der Waals surface area (Å²) in [5.74, 6) is 0.148. The van der Waals surface area contributed by atoms with Gasteiger partial charge in [0.1, 0.15) is 0 Å². The number of halogens is 1. The maximum Gasteiger partial charge on any atom is 0.254 e. The van der Waals surface area contributed by atoms with Crippen LogP contribution in [0.4, 0.5) is 0 Å². The number of aryl methyl sites for hydroxylation is 1. The van der Waals surface area contributed by atoms with Gasteiger partial charge in [-0.1, -0.05) is 28.8 Å². The highest BCUT2D eigenvalue weighted by Crippen LogP contribution is 2.30. The highest BCUT2D eigenvalue weighted by molar-refractivity contribution is 9.10. The van der Waals surface area contributed by atoms with Crippen molar-refractivity contribution in [2.24, 2.45) is 0 Å². The average molecular weight is 338 g/mol. The van der Waals surface area contributed by atoms with Crippen LogP contribution in [0.5, 0.6) is 0 Å². The first kappa shape index (κ1) is 14.1. The van der Waals surface area contributed by atoms with Gasteiger partial charge in [-0.2, -0.15) is 0 Å². The standard InChI is InChI=1S/C16H20BrNO2/c1-11-8-12(10-13(17)9-11)16(19)18-6-7-20-15-5-3-2-4-14(15)18/h8-10,14-15H,2-7H2,1H3. The van der Waals surface area contributed by atoms with E-state index in [1.165, 1.54) is 12.8 Å². The molecular formula is C16H20BrNO2. The van der Waals surface area contributed by atoms with E-state index in [4.69, 9.17) is 4.74 Å². The van der Waals surface area contributed by atoms with Crippen LogP contribution in [0.2, 0.25) is 0 Å². The molecule has 4 heteroatoms. The van der Waals surface area contributed by atoms with Gasteiger partial charge in [-0.15, -0.1) is 0 Å². The molecule has 1 aromatic rings. The summed E-state index contributed by atoms with van der Waals surface area (Å²) in [6, 6.07) is 6.19. The smallest absolute Gasteiger partial charge is 0.254 e. The van der Waals surface area contributed by atoms with Crippen molar-refractivity contribution in [3.05, 3.63) is 33.8 Å². The fourth-order valence-corrected chi connectivity index (χ4v) is 3.98. The van der Waals surface area contributed by atoms with Crippen molar-refractivity contribution in [3.8, 4) is 0 Å². The van der Waals surface area contributed by atoms with Gasteiger partial charge in [0, 0.05) is 16.6 Å². The summed E-state index contributed by atoms with van der Waals surface area (Å²) in [4.78, 5) is 14.8. The number of ether oxygens (including phenoxy) is 1. The van der Waals surface area contributed by atoms with E-state index in [-0.39, 0.29) is 18.1 Å². The largest absolute Gasteiger partial charge is 0.374 e. The lowest BCUT2D eigenvalue weighted by atomic mass is 9.89. The number of benzene rings is 1. The van der Waals surface area contributed by atoms with E-state index in [1.54, 1.807) is 0 Å². The topological polar surface area (TPSA) is 29.5 Å². The third-order valence-electron chi connectivity index (χ3n) is 4.28. The van der Waals surface area contributed by atoms with Gasteiger partial charge in [-0.05, 0) is 43.5 Å². The predicted octanol–water partition coefficient (Wildman–Crippen LogP) is 3.54. The van der Waals surface area contributed by atoms with Gasteiger partial charge < -0.3 is 9.64 Å². The normalized spacial score (nSPS) is 26.2. The summed E-state index contributed by atoms with van der Waals surface area (Å²) in [6.07, 6.45) is 4.83. The maximum absolute atomic E-state index is 12.8. The molecule has 1 amide bonds. The molecule has 2 atom stereocenters. The second kappa shape index (κ2) is 5.86. The maximum atomic E-state index is 12.8. The van der Waals surface area contributed by atoms with Gasteiger partial charge in [0.2, 0.25) is 0 Å². The van der Waals surface area contributed by atoms with Crippen LogP contribution in [-0.2, 0) is 4.74 Å². The molecule has 1 saturated heterocycles. The number of hydrogen-bond donors (Lipinski definition) is 0. The Labute approximate surface area is 128 Å². The lowest BCUT2D eigenvalue weighted by molar-refractivity contribution is -0.0752. The van der Waals surface area contributed by atoms with Gasteiger partial charge in [0.15, 0.2) is 0 Å². The van der Waals surface area contributed by atoms with Gasteiger partial charge in [0.25, 0.3) is 5.91 Å². The number of morpholine rings is 1. The first-order valence-electron chi connectivity index (χ1n) is 7.35. The van der Waals surface area contributed by atoms with Crippen molar-refractivity contribution in [3.63, 3.8) is 0 Å². The molecule has 1 aromatic carbocycles. The number of carbonyl (C=O) groups excluding carboxylic acids is 1. The SMILES string of the molecule is Cc1cc(Br)cc(C(=O)N2CCOC3CCCCC32)c1. The van der Waals surface area contributed by atoms with Crippen LogP contribution >= 0.6 is 15.9 Å². The second-order valence-corrected chi connectivity index (χ2v) is 6.69. The molecule has 1 aliphatic carbocycles. The van der Waals surface area contributed by atoms with Crippen LogP contribution in [-0.4, -0.2) is 36.1 Å². The minimum Gasteiger partial charge on any atom is -0.374 e. The molecule has 0 radical (unpaired) electrons. The van der Waals surface area contributed by atoms with Gasteiger partial charge in [0.05, 0.1) is 18.8 Å². The van der Waals surface area contributed by atoms with Gasteiger partial charge in [-0.3, -0.25) is 4.79 Å². The molecule has 2 fully saturated rings. The quantitative estimate of drug-likeness (QED) is 0.784. The summed E-state index contributed by atoms with van der Waals surface area (Å²) in [5, 5.41) is 0. The molecule has 0 spiro atoms. The molecule has 0 N–H and O–H groups in total. The molecule has 1 saturated carbocycles. The van der Waals surface area contributed by atoms with E-state index in [1.807, 2.05) is 30.0 Å². The predicted molar refractivity (Wildman–Crippen MR) is 81.9 cm³/mol. The summed E-state index contributed by atoms with van der Waals surface area (Å²) in [7, 11) is 0. The lowest BCUT2D eigenvalue weighted by Gasteiger charge is -2.43. The monoisotopic (exact) mass is 337 g/mol. The van der Waals surface area contributed by atoms with Crippen LogP contribution in [0.25, 0.3) is 0 Å². The van der Waals surface area contributed by atoms with E-state index in [2.05, 4.69) is 15.9 Å². The first-order valence-corrected chi connectivity index (χ1v) is 8.14. The summed E-state index contributed by atoms with van der Waals surface area (Å²) >= 11 is 3.48. The molecule has 1 heterocycles. The number of amides is 1. The Bertz CT molecular complexity index is 495. The van der Waals surface area contributed by atoms with Crippen LogP contribution in [0, 0.1) is 6.92 Å². The van der Waals surface area contributed by atoms with Crippen LogP contribution in [0.3, 0.4) is 0 Å². The van der Waals surface area contributed by atoms with Crippen molar-refractivity contribution < 1.29 is 9.53 Å². The Morgan fingerprint density at radius 3 is 2.90 bits per heavy atom. The fourth-order valence-electron chi connectivity index (χ4n) is 3.37. The Kier molecular flexibility index (Phi) is 4.13. The molecule has 3 nitrogen and oxygen atoms in total. The van der Waals surface area contributed by atoms with Gasteiger partial charge >= 0.3 is 0 Å². The molecular weight excluding hydrogens is 318 g/mol. The van der Waals surface area contributed by atoms with Crippen molar-refractivity contribution in [2.45, 2.75) is 44.8 Å². The zero-order valence-corrected chi connectivity index (χ0v) is 13.4. The summed E-state index contributed by atoms with van der Waals surface area (Å²) < 4.78 is 6.81. The lowest BCUT2D eigenvalue weighted by Crippen LogP contribution is -2.54. The number of carbonyl (C=O) groups is 1. The Morgan fingerprint density at radius 1 is 1.30 bits per heavy atom. The number of fused-ring (bicyclic) bond motifs is 1. The molecule has 0 bridgehead atoms. The number of nitrogens with zero attached hydrogens (tertiary/aromatic N) is 1. The molecule has 0 aromatic heterocycles. The van der Waals surface area contributed by atoms with Gasteiger partial charge in [-0.25, -0.2) is 0 Å². The number of rotatable bonds is 1. The second-order valence-electron chi connectivity index (χ2n) is 5.78. The zero-order chi connectivity index (χ0) is 14.1. The molecule has 3 rings (SSSR count). The van der Waals surface area contributed by atoms with Crippen LogP contribution < -0.4 is 0 Å². The van der Waals surface area contributed by atoms with Crippen molar-refractivity contribution >= 4 is 21.8 Å². The molecule has 20 heavy (non-hydrogen) atoms. The Morgan fingerprint density at radius 2 is 2.10 bits per heavy atom. The Balaban J connectivity index is 1.84. The zero-order valence-electron chi connectivity index (χ0n) is 11.8. The van der Waals surface area contributed by atoms with E-state index >= 15 is 0 Å². The minimum absolute atomic E-state index is 0.148. The van der Waals surface area contributed by atoms with Crippen molar-refractivity contribution in [1.82, 2.24) is 4.90 Å². The molecule has 108 valence electrons. The third kappa shape index (κ3) is 2.77. The van der Waals surface area contributed by atoms with Crippen molar-refractivity contribution in [2.75, 3.05) is 13.2 Å². The van der Waals surface area contributed by atoms with E-state index in [9.17, 15) is 4.79 Å². The summed E-state index contributed by atoms with van der Waals surface area (Å²) in [5.41, 5.74) is 1.89. The van der Waals surface area contributed by atoms with Crippen LogP contribution in [0.15, 0.2) is 22.7 Å². The minimum atomic E-state index is 0.148. The Hall–Kier alpha value is -0.870. The summed E-state index contributed by atoms with van der Waals surface area (Å²) in [6.45, 7) is 3.40.